The van der Waals surface area contributed by atoms with Gasteiger partial charge in [0.25, 0.3) is 0 Å². The van der Waals surface area contributed by atoms with E-state index in [-0.39, 0.29) is 17.9 Å². The summed E-state index contributed by atoms with van der Waals surface area (Å²) in [6, 6.07) is 5.43. The molecule has 2 aromatic rings. The highest BCUT2D eigenvalue weighted by molar-refractivity contribution is 9.11. The Morgan fingerprint density at radius 1 is 1.03 bits per heavy atom. The van der Waals surface area contributed by atoms with E-state index in [1.54, 1.807) is 24.3 Å². The second-order valence-corrected chi connectivity index (χ2v) is 7.69. The number of ether oxygens (including phenoxy) is 1. The van der Waals surface area contributed by atoms with E-state index in [9.17, 15) is 30.7 Å². The molecule has 0 spiro atoms. The molecule has 0 heterocycles. The van der Waals surface area contributed by atoms with Crippen molar-refractivity contribution in [3.63, 3.8) is 0 Å². The summed E-state index contributed by atoms with van der Waals surface area (Å²) < 4.78 is 95.4. The van der Waals surface area contributed by atoms with E-state index < -0.39 is 18.1 Å². The minimum absolute atomic E-state index is 0.00600. The lowest BCUT2D eigenvalue weighted by atomic mass is 10.1. The van der Waals surface area contributed by atoms with E-state index in [0.29, 0.717) is 31.7 Å². The SMILES string of the molecule is N#Cc1ccc(COc2c(Br)cc(Br)cc2/C=N\NC(F)(F)C(F)(F)C(F)(F)F)cc1. The van der Waals surface area contributed by atoms with Crippen LogP contribution in [0.1, 0.15) is 16.7 Å². The van der Waals surface area contributed by atoms with E-state index in [4.69, 9.17) is 10.00 Å². The summed E-state index contributed by atoms with van der Waals surface area (Å²) in [7, 11) is 0. The molecule has 0 aliphatic heterocycles. The van der Waals surface area contributed by atoms with Crippen molar-refractivity contribution in [2.75, 3.05) is 0 Å². The van der Waals surface area contributed by atoms with Crippen LogP contribution in [0.15, 0.2) is 50.4 Å². The van der Waals surface area contributed by atoms with Gasteiger partial charge in [0.15, 0.2) is 0 Å². The van der Waals surface area contributed by atoms with Crippen molar-refractivity contribution in [2.24, 2.45) is 5.10 Å². The molecule has 0 amide bonds. The topological polar surface area (TPSA) is 57.4 Å². The quantitative estimate of drug-likeness (QED) is 0.180. The molecule has 0 saturated carbocycles. The van der Waals surface area contributed by atoms with Gasteiger partial charge in [-0.25, -0.2) is 5.43 Å². The molecule has 2 aromatic carbocycles. The number of hydrogen-bond acceptors (Lipinski definition) is 4. The van der Waals surface area contributed by atoms with Gasteiger partial charge in [0.2, 0.25) is 0 Å². The predicted molar refractivity (Wildman–Crippen MR) is 104 cm³/mol. The Bertz CT molecular complexity index is 1000. The third kappa shape index (κ3) is 5.88. The fourth-order valence-electron chi connectivity index (χ4n) is 2.09. The third-order valence-corrected chi connectivity index (χ3v) is 4.71. The molecule has 0 bridgehead atoms. The summed E-state index contributed by atoms with van der Waals surface area (Å²) in [5, 5.41) is 11.6. The molecule has 1 N–H and O–H groups in total. The summed E-state index contributed by atoms with van der Waals surface area (Å²) in [6.07, 6.45) is -5.86. The molecule has 0 aliphatic carbocycles. The van der Waals surface area contributed by atoms with Gasteiger partial charge < -0.3 is 4.74 Å². The fraction of sp³-hybridized carbons (Fsp3) is 0.222. The van der Waals surface area contributed by atoms with Crippen LogP contribution in [-0.2, 0) is 6.61 Å². The van der Waals surface area contributed by atoms with Crippen LogP contribution in [0.5, 0.6) is 5.75 Å². The summed E-state index contributed by atoms with van der Waals surface area (Å²) in [5.74, 6) is -6.28. The van der Waals surface area contributed by atoms with Gasteiger partial charge in [-0.05, 0) is 45.8 Å². The maximum Gasteiger partial charge on any atom is 0.462 e. The average molecular weight is 577 g/mol. The second-order valence-electron chi connectivity index (χ2n) is 5.92. The van der Waals surface area contributed by atoms with Crippen LogP contribution in [0.4, 0.5) is 30.7 Å². The monoisotopic (exact) mass is 575 g/mol. The molecule has 2 rings (SSSR count). The fourth-order valence-corrected chi connectivity index (χ4v) is 3.46. The summed E-state index contributed by atoms with van der Waals surface area (Å²) in [6.45, 7) is -0.0253. The number of halogens is 9. The van der Waals surface area contributed by atoms with E-state index in [0.717, 1.165) is 0 Å². The molecule has 0 saturated heterocycles. The Hall–Kier alpha value is -2.33. The van der Waals surface area contributed by atoms with Crippen molar-refractivity contribution >= 4 is 38.1 Å². The molecule has 0 unspecified atom stereocenters. The Morgan fingerprint density at radius 2 is 1.65 bits per heavy atom. The van der Waals surface area contributed by atoms with E-state index in [1.165, 1.54) is 12.1 Å². The Balaban J connectivity index is 2.23. The second kappa shape index (κ2) is 9.44. The molecule has 0 fully saturated rings. The van der Waals surface area contributed by atoms with Crippen LogP contribution in [0.2, 0.25) is 0 Å². The van der Waals surface area contributed by atoms with Gasteiger partial charge in [-0.3, -0.25) is 0 Å². The third-order valence-electron chi connectivity index (χ3n) is 3.66. The van der Waals surface area contributed by atoms with Crippen LogP contribution >= 0.6 is 31.9 Å². The Morgan fingerprint density at radius 3 is 2.19 bits per heavy atom. The number of hydrogen-bond donors (Lipinski definition) is 1. The number of rotatable bonds is 7. The van der Waals surface area contributed by atoms with Gasteiger partial charge in [-0.15, -0.1) is 0 Å². The molecule has 0 radical (unpaired) electrons. The highest BCUT2D eigenvalue weighted by Gasteiger charge is 2.73. The smallest absolute Gasteiger partial charge is 0.462 e. The summed E-state index contributed by atoms with van der Waals surface area (Å²) in [4.78, 5) is 0. The first-order valence-corrected chi connectivity index (χ1v) is 9.60. The lowest BCUT2D eigenvalue weighted by Crippen LogP contribution is -2.58. The molecule has 0 aliphatic rings. The van der Waals surface area contributed by atoms with Gasteiger partial charge >= 0.3 is 18.1 Å². The number of nitriles is 1. The van der Waals surface area contributed by atoms with E-state index >= 15 is 0 Å². The van der Waals surface area contributed by atoms with Crippen LogP contribution in [-0.4, -0.2) is 24.4 Å². The molecular formula is C18H10Br2F7N3O. The minimum atomic E-state index is -6.48. The Kier molecular flexibility index (Phi) is 7.59. The Labute approximate surface area is 187 Å². The van der Waals surface area contributed by atoms with Gasteiger partial charge in [-0.1, -0.05) is 28.1 Å². The van der Waals surface area contributed by atoms with Crippen LogP contribution in [0, 0.1) is 11.3 Å². The lowest BCUT2D eigenvalue weighted by molar-refractivity contribution is -0.361. The highest BCUT2D eigenvalue weighted by atomic mass is 79.9. The number of benzene rings is 2. The molecule has 4 nitrogen and oxygen atoms in total. The van der Waals surface area contributed by atoms with Crippen LogP contribution in [0.25, 0.3) is 0 Å². The zero-order chi connectivity index (χ0) is 23.4. The normalized spacial score (nSPS) is 12.6. The predicted octanol–water partition coefficient (Wildman–Crippen LogP) is 6.38. The van der Waals surface area contributed by atoms with E-state index in [1.807, 2.05) is 6.07 Å². The lowest BCUT2D eigenvalue weighted by Gasteiger charge is -2.27. The van der Waals surface area contributed by atoms with Crippen molar-refractivity contribution in [2.45, 2.75) is 24.8 Å². The maximum atomic E-state index is 13.3. The number of alkyl halides is 7. The molecular weight excluding hydrogens is 567 g/mol. The van der Waals surface area contributed by atoms with Gasteiger partial charge in [0, 0.05) is 10.0 Å². The molecule has 13 heteroatoms. The molecule has 166 valence electrons. The van der Waals surface area contributed by atoms with Crippen molar-refractivity contribution in [1.82, 2.24) is 5.43 Å². The molecule has 0 atom stereocenters. The first kappa shape index (κ1) is 24.9. The zero-order valence-corrected chi connectivity index (χ0v) is 18.1. The first-order valence-electron chi connectivity index (χ1n) is 8.02. The number of hydrazone groups is 1. The molecule has 31 heavy (non-hydrogen) atoms. The highest BCUT2D eigenvalue weighted by Crippen LogP contribution is 2.45. The van der Waals surface area contributed by atoms with Gasteiger partial charge in [0.1, 0.15) is 12.4 Å². The van der Waals surface area contributed by atoms with Crippen molar-refractivity contribution in [3.8, 4) is 11.8 Å². The standard InChI is InChI=1S/C18H10Br2F7N3O/c19-13-5-12(8-29-30-18(26,27)16(21,22)17(23,24)25)15(14(20)6-13)31-9-11-3-1-10(7-28)2-4-11/h1-6,8,30H,9H2/b29-8-. The largest absolute Gasteiger partial charge is 0.487 e. The summed E-state index contributed by atoms with van der Waals surface area (Å²) >= 11 is 6.32. The number of nitrogens with zero attached hydrogens (tertiary/aromatic N) is 2. The van der Waals surface area contributed by atoms with Gasteiger partial charge in [-0.2, -0.15) is 41.1 Å². The average Bonchev–Trinajstić information content (AvgIpc) is 2.66. The number of nitrogens with one attached hydrogen (secondary N) is 1. The first-order chi connectivity index (χ1) is 14.3. The van der Waals surface area contributed by atoms with Crippen molar-refractivity contribution < 1.29 is 35.5 Å². The van der Waals surface area contributed by atoms with Crippen LogP contribution in [0.3, 0.4) is 0 Å². The zero-order valence-electron chi connectivity index (χ0n) is 15.0. The van der Waals surface area contributed by atoms with Crippen molar-refractivity contribution in [1.29, 1.82) is 5.26 Å². The van der Waals surface area contributed by atoms with E-state index in [2.05, 4.69) is 37.0 Å². The van der Waals surface area contributed by atoms with Crippen LogP contribution < -0.4 is 10.2 Å². The van der Waals surface area contributed by atoms with Crippen molar-refractivity contribution in [3.05, 3.63) is 62.0 Å². The molecule has 0 aromatic heterocycles. The summed E-state index contributed by atoms with van der Waals surface area (Å²) in [5.41, 5.74) is 1.62. The van der Waals surface area contributed by atoms with Gasteiger partial charge in [0.05, 0.1) is 22.3 Å². The minimum Gasteiger partial charge on any atom is -0.487 e. The maximum absolute atomic E-state index is 13.3.